The summed E-state index contributed by atoms with van der Waals surface area (Å²) in [5.41, 5.74) is 0.127. The van der Waals surface area contributed by atoms with Crippen LogP contribution in [0.2, 0.25) is 0 Å². The maximum Gasteiger partial charge on any atom is 0.272 e. The van der Waals surface area contributed by atoms with E-state index in [1.165, 1.54) is 32.1 Å². The summed E-state index contributed by atoms with van der Waals surface area (Å²) in [6.45, 7) is 3.01. The quantitative estimate of drug-likeness (QED) is 0.816. The van der Waals surface area contributed by atoms with E-state index in [0.717, 1.165) is 44.7 Å². The highest BCUT2D eigenvalue weighted by atomic mass is 16.2. The van der Waals surface area contributed by atoms with Crippen molar-refractivity contribution >= 4 is 11.8 Å². The van der Waals surface area contributed by atoms with Crippen molar-refractivity contribution in [2.75, 3.05) is 26.2 Å². The Hall–Kier alpha value is -1.91. The maximum absolute atomic E-state index is 13.3. The van der Waals surface area contributed by atoms with E-state index in [9.17, 15) is 9.59 Å². The Morgan fingerprint density at radius 3 is 2.74 bits per heavy atom. The molecule has 4 rings (SSSR count). The van der Waals surface area contributed by atoms with Crippen LogP contribution < -0.4 is 0 Å². The Morgan fingerprint density at radius 2 is 1.96 bits per heavy atom. The summed E-state index contributed by atoms with van der Waals surface area (Å²) in [5, 5.41) is 0. The molecule has 0 unspecified atom stereocenters. The lowest BCUT2D eigenvalue weighted by molar-refractivity contribution is -0.145. The molecular weight excluding hydrogens is 338 g/mol. The van der Waals surface area contributed by atoms with Crippen molar-refractivity contribution in [1.82, 2.24) is 14.8 Å². The molecule has 2 aliphatic heterocycles. The molecule has 5 heteroatoms. The van der Waals surface area contributed by atoms with Gasteiger partial charge in [-0.15, -0.1) is 0 Å². The van der Waals surface area contributed by atoms with Gasteiger partial charge in [0.2, 0.25) is 5.91 Å². The van der Waals surface area contributed by atoms with Crippen LogP contribution >= 0.6 is 0 Å². The molecule has 3 heterocycles. The first-order valence-corrected chi connectivity index (χ1v) is 10.7. The van der Waals surface area contributed by atoms with Gasteiger partial charge in [-0.1, -0.05) is 38.2 Å². The van der Waals surface area contributed by atoms with E-state index in [2.05, 4.69) is 9.88 Å². The smallest absolute Gasteiger partial charge is 0.272 e. The fraction of sp³-hybridized carbons (Fsp3) is 0.682. The van der Waals surface area contributed by atoms with Crippen molar-refractivity contribution in [1.29, 1.82) is 0 Å². The molecule has 0 N–H and O–H groups in total. The summed E-state index contributed by atoms with van der Waals surface area (Å²) in [7, 11) is 0. The zero-order chi connectivity index (χ0) is 18.7. The molecule has 5 nitrogen and oxygen atoms in total. The predicted octanol–water partition coefficient (Wildman–Crippen LogP) is 3.51. The summed E-state index contributed by atoms with van der Waals surface area (Å²) in [6.07, 6.45) is 12.3. The Balaban J connectivity index is 1.37. The first kappa shape index (κ1) is 18.5. The van der Waals surface area contributed by atoms with E-state index in [0.29, 0.717) is 24.7 Å². The van der Waals surface area contributed by atoms with Crippen LogP contribution in [0.5, 0.6) is 0 Å². The van der Waals surface area contributed by atoms with Crippen LogP contribution in [0.4, 0.5) is 0 Å². The number of carbonyl (C=O) groups excluding carboxylic acids is 2. The topological polar surface area (TPSA) is 53.5 Å². The monoisotopic (exact) mass is 369 g/mol. The number of amides is 2. The second-order valence-electron chi connectivity index (χ2n) is 8.66. The zero-order valence-electron chi connectivity index (χ0n) is 16.2. The molecule has 2 amide bonds. The number of carbonyl (C=O) groups is 2. The minimum absolute atomic E-state index is 0.0420. The third kappa shape index (κ3) is 3.87. The van der Waals surface area contributed by atoms with Gasteiger partial charge >= 0.3 is 0 Å². The molecule has 2 saturated heterocycles. The van der Waals surface area contributed by atoms with Gasteiger partial charge in [-0.3, -0.25) is 14.6 Å². The van der Waals surface area contributed by atoms with Crippen LogP contribution in [0, 0.1) is 11.3 Å². The molecule has 27 heavy (non-hydrogen) atoms. The van der Waals surface area contributed by atoms with Gasteiger partial charge in [0, 0.05) is 32.4 Å². The molecule has 1 saturated carbocycles. The van der Waals surface area contributed by atoms with Crippen LogP contribution in [-0.2, 0) is 4.79 Å². The number of rotatable bonds is 4. The lowest BCUT2D eigenvalue weighted by Gasteiger charge is -2.40. The fourth-order valence-electron chi connectivity index (χ4n) is 5.26. The Morgan fingerprint density at radius 1 is 1.11 bits per heavy atom. The standard InChI is InChI=1S/C22H31N3O2/c26-20(19-9-4-5-13-23-19)25-16-12-22(17-25)11-6-14-24(21(22)27)15-10-18-7-2-1-3-8-18/h4-5,9,13,18H,1-3,6-8,10-12,14-17H2/t22-/m0/s1. The highest BCUT2D eigenvalue weighted by molar-refractivity contribution is 5.93. The number of likely N-dealkylation sites (tertiary alicyclic amines) is 2. The Bertz CT molecular complexity index is 671. The lowest BCUT2D eigenvalue weighted by atomic mass is 9.78. The van der Waals surface area contributed by atoms with Gasteiger partial charge in [-0.2, -0.15) is 0 Å². The van der Waals surface area contributed by atoms with Gasteiger partial charge in [-0.05, 0) is 43.7 Å². The van der Waals surface area contributed by atoms with Crippen molar-refractivity contribution in [2.24, 2.45) is 11.3 Å². The second-order valence-corrected chi connectivity index (χ2v) is 8.66. The molecule has 1 aromatic heterocycles. The number of hydrogen-bond acceptors (Lipinski definition) is 3. The van der Waals surface area contributed by atoms with Gasteiger partial charge in [-0.25, -0.2) is 0 Å². The molecule has 146 valence electrons. The summed E-state index contributed by atoms with van der Waals surface area (Å²) >= 11 is 0. The van der Waals surface area contributed by atoms with E-state index < -0.39 is 0 Å². The van der Waals surface area contributed by atoms with Crippen LogP contribution in [0.1, 0.15) is 68.3 Å². The van der Waals surface area contributed by atoms with E-state index >= 15 is 0 Å². The molecule has 1 aromatic rings. The predicted molar refractivity (Wildman–Crippen MR) is 104 cm³/mol. The highest BCUT2D eigenvalue weighted by Gasteiger charge is 2.49. The van der Waals surface area contributed by atoms with E-state index in [-0.39, 0.29) is 11.3 Å². The van der Waals surface area contributed by atoms with Gasteiger partial charge < -0.3 is 9.80 Å². The van der Waals surface area contributed by atoms with Crippen molar-refractivity contribution in [2.45, 2.75) is 57.8 Å². The normalized spacial score (nSPS) is 26.7. The first-order valence-electron chi connectivity index (χ1n) is 10.7. The minimum atomic E-state index is -0.352. The molecule has 1 aliphatic carbocycles. The molecule has 0 aromatic carbocycles. The number of nitrogens with zero attached hydrogens (tertiary/aromatic N) is 3. The largest absolute Gasteiger partial charge is 0.342 e. The zero-order valence-corrected chi connectivity index (χ0v) is 16.2. The molecule has 3 fully saturated rings. The first-order chi connectivity index (χ1) is 13.2. The van der Waals surface area contributed by atoms with Gasteiger partial charge in [0.05, 0.1) is 5.41 Å². The summed E-state index contributed by atoms with van der Waals surface area (Å²) < 4.78 is 0. The van der Waals surface area contributed by atoms with Crippen molar-refractivity contribution < 1.29 is 9.59 Å². The van der Waals surface area contributed by atoms with Crippen LogP contribution in [0.3, 0.4) is 0 Å². The summed E-state index contributed by atoms with van der Waals surface area (Å²) in [5.74, 6) is 1.05. The molecule has 0 bridgehead atoms. The lowest BCUT2D eigenvalue weighted by Crippen LogP contribution is -2.50. The third-order valence-corrected chi connectivity index (χ3v) is 6.88. The van der Waals surface area contributed by atoms with E-state index in [1.54, 1.807) is 12.3 Å². The average molecular weight is 370 g/mol. The maximum atomic E-state index is 13.3. The fourth-order valence-corrected chi connectivity index (χ4v) is 5.26. The average Bonchev–Trinajstić information content (AvgIpc) is 3.15. The number of pyridine rings is 1. The molecule has 0 radical (unpaired) electrons. The SMILES string of the molecule is O=C(c1ccccn1)N1CC[C@@]2(CCCN(CCC3CCCCC3)C2=O)C1. The molecule has 1 atom stereocenters. The van der Waals surface area contributed by atoms with Crippen LogP contribution in [-0.4, -0.2) is 52.8 Å². The minimum Gasteiger partial charge on any atom is -0.342 e. The number of aromatic nitrogens is 1. The molecule has 3 aliphatic rings. The van der Waals surface area contributed by atoms with Crippen LogP contribution in [0.15, 0.2) is 24.4 Å². The second kappa shape index (κ2) is 7.99. The Labute approximate surface area is 162 Å². The summed E-state index contributed by atoms with van der Waals surface area (Å²) in [4.78, 5) is 34.2. The third-order valence-electron chi connectivity index (χ3n) is 6.88. The van der Waals surface area contributed by atoms with Crippen molar-refractivity contribution in [3.05, 3.63) is 30.1 Å². The highest BCUT2D eigenvalue weighted by Crippen LogP contribution is 2.40. The van der Waals surface area contributed by atoms with Gasteiger partial charge in [0.15, 0.2) is 0 Å². The summed E-state index contributed by atoms with van der Waals surface area (Å²) in [6, 6.07) is 5.41. The van der Waals surface area contributed by atoms with Crippen LogP contribution in [0.25, 0.3) is 0 Å². The molecule has 1 spiro atoms. The van der Waals surface area contributed by atoms with Gasteiger partial charge in [0.25, 0.3) is 5.91 Å². The number of hydrogen-bond donors (Lipinski definition) is 0. The number of piperidine rings is 1. The van der Waals surface area contributed by atoms with Gasteiger partial charge in [0.1, 0.15) is 5.69 Å². The van der Waals surface area contributed by atoms with Crippen molar-refractivity contribution in [3.63, 3.8) is 0 Å². The van der Waals surface area contributed by atoms with E-state index in [1.807, 2.05) is 17.0 Å². The van der Waals surface area contributed by atoms with Crippen molar-refractivity contribution in [3.8, 4) is 0 Å². The van der Waals surface area contributed by atoms with E-state index in [4.69, 9.17) is 0 Å². The molecular formula is C22H31N3O2. The Kier molecular flexibility index (Phi) is 5.46.